The molecule has 0 radical (unpaired) electrons. The summed E-state index contributed by atoms with van der Waals surface area (Å²) in [5.41, 5.74) is 9.63. The zero-order chi connectivity index (χ0) is 24.4. The molecule has 0 atom stereocenters. The van der Waals surface area contributed by atoms with Crippen LogP contribution in [0.4, 0.5) is 10.6 Å². The first-order valence-corrected chi connectivity index (χ1v) is 11.2. The lowest BCUT2D eigenvalue weighted by Gasteiger charge is -2.08. The molecule has 1 aliphatic heterocycles. The Bertz CT molecular complexity index is 1360. The van der Waals surface area contributed by atoms with E-state index in [9.17, 15) is 4.79 Å². The molecular weight excluding hydrogens is 454 g/mol. The van der Waals surface area contributed by atoms with Crippen molar-refractivity contribution in [2.75, 3.05) is 19.1 Å². The first kappa shape index (κ1) is 22.4. The number of imidazole rings is 1. The van der Waals surface area contributed by atoms with Crippen molar-refractivity contribution in [1.29, 1.82) is 0 Å². The fraction of sp³-hybridized carbons (Fsp3) is 0.348. The van der Waals surface area contributed by atoms with Gasteiger partial charge in [-0.15, -0.1) is 0 Å². The Morgan fingerprint density at radius 2 is 2.06 bits per heavy atom. The topological polar surface area (TPSA) is 152 Å². The van der Waals surface area contributed by atoms with Crippen molar-refractivity contribution < 1.29 is 23.5 Å². The molecule has 1 amide bonds. The Morgan fingerprint density at radius 1 is 1.20 bits per heavy atom. The molecule has 0 spiro atoms. The molecule has 0 fully saturated rings. The van der Waals surface area contributed by atoms with Gasteiger partial charge in [-0.1, -0.05) is 11.2 Å². The second-order valence-electron chi connectivity index (χ2n) is 8.13. The van der Waals surface area contributed by atoms with Crippen LogP contribution in [0.25, 0.3) is 22.6 Å². The molecule has 12 heteroatoms. The minimum Gasteiger partial charge on any atom is -0.454 e. The number of nitrogen functional groups attached to an aromatic ring is 1. The van der Waals surface area contributed by atoms with Gasteiger partial charge in [-0.3, -0.25) is 0 Å². The molecule has 5 rings (SSSR count). The number of nitrogens with two attached hydrogens (primary N) is 1. The van der Waals surface area contributed by atoms with Crippen molar-refractivity contribution in [3.63, 3.8) is 0 Å². The van der Waals surface area contributed by atoms with E-state index in [-0.39, 0.29) is 6.79 Å². The second-order valence-corrected chi connectivity index (χ2v) is 8.13. The van der Waals surface area contributed by atoms with Crippen LogP contribution >= 0.6 is 0 Å². The molecule has 1 aromatic carbocycles. The number of anilines is 1. The van der Waals surface area contributed by atoms with Gasteiger partial charge in [-0.05, 0) is 44.4 Å². The number of rotatable bonds is 8. The lowest BCUT2D eigenvalue weighted by molar-refractivity contribution is 0.143. The molecule has 12 nitrogen and oxygen atoms in total. The number of ether oxygens (including phenoxy) is 3. The van der Waals surface area contributed by atoms with Crippen LogP contribution in [0.2, 0.25) is 0 Å². The summed E-state index contributed by atoms with van der Waals surface area (Å²) in [6.07, 6.45) is 2.64. The van der Waals surface area contributed by atoms with Gasteiger partial charge >= 0.3 is 6.09 Å². The van der Waals surface area contributed by atoms with Crippen LogP contribution < -0.4 is 20.5 Å². The molecule has 0 aliphatic carbocycles. The number of nitrogens with zero attached hydrogens (tertiary/aromatic N) is 5. The normalized spacial score (nSPS) is 12.3. The van der Waals surface area contributed by atoms with Gasteiger partial charge in [0.15, 0.2) is 28.8 Å². The third-order valence-electron chi connectivity index (χ3n) is 5.65. The summed E-state index contributed by atoms with van der Waals surface area (Å²) in [5.74, 6) is 2.76. The molecule has 1 aliphatic rings. The summed E-state index contributed by atoms with van der Waals surface area (Å²) in [4.78, 5) is 25.4. The van der Waals surface area contributed by atoms with Crippen LogP contribution in [-0.4, -0.2) is 44.2 Å². The lowest BCUT2D eigenvalue weighted by Crippen LogP contribution is -2.24. The van der Waals surface area contributed by atoms with Gasteiger partial charge in [0, 0.05) is 13.1 Å². The summed E-state index contributed by atoms with van der Waals surface area (Å²) in [7, 11) is 0. The predicted octanol–water partition coefficient (Wildman–Crippen LogP) is 3.12. The first-order valence-electron chi connectivity index (χ1n) is 11.2. The number of aryl methyl sites for hydroxylation is 3. The highest BCUT2D eigenvalue weighted by Gasteiger charge is 2.18. The number of fused-ring (bicyclic) bond motifs is 2. The molecule has 4 aromatic rings. The Morgan fingerprint density at radius 3 is 2.89 bits per heavy atom. The Balaban J connectivity index is 1.12. The number of nitrogens with one attached hydrogen (secondary N) is 1. The number of aromatic nitrogens is 5. The fourth-order valence-electron chi connectivity index (χ4n) is 3.87. The number of benzene rings is 1. The SMILES string of the molecule is Cc1noc(C)c1-c1nc(N)c2ncn(CCCCOC(=O)NCc3ccc4c(c3)OCO4)c2n1. The van der Waals surface area contributed by atoms with Crippen molar-refractivity contribution in [3.05, 3.63) is 41.5 Å². The van der Waals surface area contributed by atoms with Crippen LogP contribution in [0.1, 0.15) is 29.9 Å². The van der Waals surface area contributed by atoms with Crippen LogP contribution in [0.3, 0.4) is 0 Å². The standard InChI is InChI=1S/C23H25N7O5/c1-13-18(14(2)35-29-13)21-27-20(24)19-22(28-21)30(11-26-19)7-3-4-8-32-23(31)25-10-15-5-6-16-17(9-15)34-12-33-16/h5-6,9,11H,3-4,7-8,10,12H2,1-2H3,(H,25,31)(H2,24,27,28). The number of amides is 1. The Hall–Kier alpha value is -4.35. The molecule has 4 heterocycles. The number of carbonyl (C=O) groups excluding carboxylic acids is 1. The number of carbonyl (C=O) groups is 1. The zero-order valence-corrected chi connectivity index (χ0v) is 19.4. The summed E-state index contributed by atoms with van der Waals surface area (Å²) >= 11 is 0. The Kier molecular flexibility index (Phi) is 6.08. The molecule has 0 saturated heterocycles. The van der Waals surface area contributed by atoms with E-state index in [2.05, 4.69) is 25.4 Å². The van der Waals surface area contributed by atoms with Gasteiger partial charge < -0.3 is 34.4 Å². The second kappa shape index (κ2) is 9.49. The van der Waals surface area contributed by atoms with E-state index in [0.29, 0.717) is 71.9 Å². The Labute approximate surface area is 200 Å². The maximum absolute atomic E-state index is 12.0. The van der Waals surface area contributed by atoms with Gasteiger partial charge in [0.05, 0.1) is 24.2 Å². The van der Waals surface area contributed by atoms with E-state index in [0.717, 1.165) is 17.5 Å². The molecule has 0 bridgehead atoms. The maximum atomic E-state index is 12.0. The van der Waals surface area contributed by atoms with E-state index >= 15 is 0 Å². The van der Waals surface area contributed by atoms with Crippen molar-refractivity contribution in [3.8, 4) is 22.9 Å². The monoisotopic (exact) mass is 479 g/mol. The molecule has 182 valence electrons. The minimum absolute atomic E-state index is 0.214. The van der Waals surface area contributed by atoms with Crippen LogP contribution in [0.15, 0.2) is 29.0 Å². The minimum atomic E-state index is -0.472. The van der Waals surface area contributed by atoms with E-state index in [4.69, 9.17) is 24.5 Å². The molecule has 0 saturated carbocycles. The summed E-state index contributed by atoms with van der Waals surface area (Å²) in [6, 6.07) is 5.53. The first-order chi connectivity index (χ1) is 17.0. The lowest BCUT2D eigenvalue weighted by atomic mass is 10.2. The van der Waals surface area contributed by atoms with Crippen LogP contribution in [-0.2, 0) is 17.8 Å². The van der Waals surface area contributed by atoms with Crippen LogP contribution in [0, 0.1) is 13.8 Å². The third kappa shape index (κ3) is 4.67. The van der Waals surface area contributed by atoms with Gasteiger partial charge in [-0.2, -0.15) is 0 Å². The maximum Gasteiger partial charge on any atom is 0.407 e. The molecular formula is C23H25N7O5. The number of alkyl carbamates (subject to hydrolysis) is 1. The quantitative estimate of drug-likeness (QED) is 0.360. The van der Waals surface area contributed by atoms with Crippen LogP contribution in [0.5, 0.6) is 11.5 Å². The zero-order valence-electron chi connectivity index (χ0n) is 19.4. The average Bonchev–Trinajstić information content (AvgIpc) is 3.56. The van der Waals surface area contributed by atoms with Crippen molar-refractivity contribution in [2.24, 2.45) is 0 Å². The molecule has 0 unspecified atom stereocenters. The smallest absolute Gasteiger partial charge is 0.407 e. The van der Waals surface area contributed by atoms with Crippen molar-refractivity contribution >= 4 is 23.1 Å². The van der Waals surface area contributed by atoms with E-state index in [1.807, 2.05) is 36.6 Å². The number of hydrogen-bond acceptors (Lipinski definition) is 10. The molecule has 35 heavy (non-hydrogen) atoms. The molecule has 3 N–H and O–H groups in total. The van der Waals surface area contributed by atoms with E-state index < -0.39 is 6.09 Å². The van der Waals surface area contributed by atoms with Gasteiger partial charge in [0.25, 0.3) is 0 Å². The highest BCUT2D eigenvalue weighted by molar-refractivity contribution is 5.84. The largest absolute Gasteiger partial charge is 0.454 e. The van der Waals surface area contributed by atoms with E-state index in [1.54, 1.807) is 6.33 Å². The van der Waals surface area contributed by atoms with Crippen molar-refractivity contribution in [2.45, 2.75) is 39.8 Å². The third-order valence-corrected chi connectivity index (χ3v) is 5.65. The molecule has 3 aromatic heterocycles. The van der Waals surface area contributed by atoms with Gasteiger partial charge in [0.2, 0.25) is 6.79 Å². The highest BCUT2D eigenvalue weighted by atomic mass is 16.7. The number of unbranched alkanes of at least 4 members (excludes halogenated alkanes) is 1. The summed E-state index contributed by atoms with van der Waals surface area (Å²) < 4.78 is 23.1. The van der Waals surface area contributed by atoms with E-state index in [1.165, 1.54) is 0 Å². The predicted molar refractivity (Wildman–Crippen MR) is 125 cm³/mol. The highest BCUT2D eigenvalue weighted by Crippen LogP contribution is 2.32. The van der Waals surface area contributed by atoms with Gasteiger partial charge in [0.1, 0.15) is 11.3 Å². The van der Waals surface area contributed by atoms with Gasteiger partial charge in [-0.25, -0.2) is 19.7 Å². The number of hydrogen-bond donors (Lipinski definition) is 2. The van der Waals surface area contributed by atoms with Crippen molar-refractivity contribution in [1.82, 2.24) is 30.0 Å². The summed E-state index contributed by atoms with van der Waals surface area (Å²) in [6.45, 7) is 5.12. The fourth-order valence-corrected chi connectivity index (χ4v) is 3.87. The summed E-state index contributed by atoms with van der Waals surface area (Å²) in [5, 5.41) is 6.70. The average molecular weight is 479 g/mol.